The molecule has 0 aromatic carbocycles. The fourth-order valence-electron chi connectivity index (χ4n) is 3.04. The van der Waals surface area contributed by atoms with Gasteiger partial charge in [-0.05, 0) is 34.6 Å². The summed E-state index contributed by atoms with van der Waals surface area (Å²) in [6.07, 6.45) is -0.755. The summed E-state index contributed by atoms with van der Waals surface area (Å²) in [4.78, 5) is 27.5. The smallest absolute Gasteiger partial charge is 0.411 e. The highest BCUT2D eigenvalue weighted by atomic mass is 16.6. The van der Waals surface area contributed by atoms with E-state index >= 15 is 0 Å². The van der Waals surface area contributed by atoms with Crippen molar-refractivity contribution in [3.8, 4) is 6.07 Å². The predicted octanol–water partition coefficient (Wildman–Crippen LogP) is 2.12. The van der Waals surface area contributed by atoms with Gasteiger partial charge in [-0.3, -0.25) is 4.90 Å². The Kier molecular flexibility index (Phi) is 3.76. The topological polar surface area (TPSA) is 82.9 Å². The SMILES string of the molecule is CC(C)(C)OC(=O)N1CCN2C(=O)OC(C)(C)C2(CC#N)C1. The molecule has 0 aromatic rings. The van der Waals surface area contributed by atoms with Crippen LogP contribution in [0.25, 0.3) is 0 Å². The highest BCUT2D eigenvalue weighted by Gasteiger charge is 2.62. The summed E-state index contributed by atoms with van der Waals surface area (Å²) < 4.78 is 10.8. The minimum atomic E-state index is -0.847. The minimum absolute atomic E-state index is 0.102. The van der Waals surface area contributed by atoms with Crippen LogP contribution < -0.4 is 0 Å². The number of amides is 2. The van der Waals surface area contributed by atoms with Crippen molar-refractivity contribution >= 4 is 12.2 Å². The number of carbonyl (C=O) groups is 2. The number of fused-ring (bicyclic) bond motifs is 1. The van der Waals surface area contributed by atoms with E-state index in [2.05, 4.69) is 6.07 Å². The van der Waals surface area contributed by atoms with Crippen molar-refractivity contribution in [2.75, 3.05) is 19.6 Å². The molecule has 2 aliphatic heterocycles. The van der Waals surface area contributed by atoms with Crippen LogP contribution in [0.1, 0.15) is 41.0 Å². The average Bonchev–Trinajstić information content (AvgIpc) is 2.54. The molecule has 2 rings (SSSR count). The first-order valence-corrected chi connectivity index (χ1v) is 7.38. The maximum atomic E-state index is 12.3. The first-order valence-electron chi connectivity index (χ1n) is 7.38. The highest BCUT2D eigenvalue weighted by molar-refractivity contribution is 5.75. The molecule has 0 spiro atoms. The third-order valence-electron chi connectivity index (χ3n) is 4.27. The van der Waals surface area contributed by atoms with Crippen molar-refractivity contribution in [1.82, 2.24) is 9.80 Å². The van der Waals surface area contributed by atoms with Gasteiger partial charge < -0.3 is 14.4 Å². The van der Waals surface area contributed by atoms with Crippen LogP contribution in [0.3, 0.4) is 0 Å². The van der Waals surface area contributed by atoms with Crippen LogP contribution in [-0.4, -0.2) is 58.4 Å². The molecule has 1 atom stereocenters. The maximum Gasteiger partial charge on any atom is 0.411 e. The Morgan fingerprint density at radius 3 is 2.59 bits per heavy atom. The van der Waals surface area contributed by atoms with E-state index in [9.17, 15) is 14.9 Å². The van der Waals surface area contributed by atoms with Crippen molar-refractivity contribution in [1.29, 1.82) is 5.26 Å². The summed E-state index contributed by atoms with van der Waals surface area (Å²) in [5, 5.41) is 9.21. The van der Waals surface area contributed by atoms with E-state index in [0.29, 0.717) is 13.1 Å². The number of hydrogen-bond acceptors (Lipinski definition) is 5. The number of nitrogens with zero attached hydrogens (tertiary/aromatic N) is 3. The first-order chi connectivity index (χ1) is 10.0. The van der Waals surface area contributed by atoms with Crippen molar-refractivity contribution in [3.63, 3.8) is 0 Å². The van der Waals surface area contributed by atoms with Crippen LogP contribution in [-0.2, 0) is 9.47 Å². The Hall–Kier alpha value is -1.97. The second-order valence-corrected chi connectivity index (χ2v) is 7.30. The normalized spacial score (nSPS) is 27.0. The second kappa shape index (κ2) is 5.04. The summed E-state index contributed by atoms with van der Waals surface area (Å²) in [7, 11) is 0. The third kappa shape index (κ3) is 2.58. The molecule has 2 fully saturated rings. The van der Waals surface area contributed by atoms with Crippen LogP contribution in [0.2, 0.25) is 0 Å². The average molecular weight is 309 g/mol. The minimum Gasteiger partial charge on any atom is -0.444 e. The van der Waals surface area contributed by atoms with Gasteiger partial charge in [-0.15, -0.1) is 0 Å². The van der Waals surface area contributed by atoms with Gasteiger partial charge in [0.2, 0.25) is 0 Å². The standard InChI is InChI=1S/C15H23N3O4/c1-13(2,3)21-11(19)17-8-9-18-12(20)22-14(4,5)15(18,10-17)6-7-16/h6,8-10H2,1-5H3. The van der Waals surface area contributed by atoms with Gasteiger partial charge in [-0.1, -0.05) is 0 Å². The van der Waals surface area contributed by atoms with Gasteiger partial charge in [-0.2, -0.15) is 5.26 Å². The monoisotopic (exact) mass is 309 g/mol. The van der Waals surface area contributed by atoms with Crippen LogP contribution in [0.15, 0.2) is 0 Å². The molecule has 1 unspecified atom stereocenters. The molecule has 2 aliphatic rings. The molecule has 7 heteroatoms. The Labute approximate surface area is 130 Å². The number of nitriles is 1. The molecule has 0 radical (unpaired) electrons. The van der Waals surface area contributed by atoms with Gasteiger partial charge in [-0.25, -0.2) is 9.59 Å². The lowest BCUT2D eigenvalue weighted by atomic mass is 9.77. The maximum absolute atomic E-state index is 12.3. The van der Waals surface area contributed by atoms with Gasteiger partial charge in [0.15, 0.2) is 0 Å². The lowest BCUT2D eigenvalue weighted by Gasteiger charge is -2.48. The molecule has 22 heavy (non-hydrogen) atoms. The van der Waals surface area contributed by atoms with E-state index in [-0.39, 0.29) is 13.0 Å². The Balaban J connectivity index is 2.28. The number of cyclic esters (lactones) is 1. The van der Waals surface area contributed by atoms with Gasteiger partial charge in [0, 0.05) is 13.1 Å². The fourth-order valence-corrected chi connectivity index (χ4v) is 3.04. The number of piperazine rings is 1. The van der Waals surface area contributed by atoms with Crippen molar-refractivity contribution in [2.45, 2.75) is 57.8 Å². The Morgan fingerprint density at radius 2 is 2.05 bits per heavy atom. The largest absolute Gasteiger partial charge is 0.444 e. The lowest BCUT2D eigenvalue weighted by Crippen LogP contribution is -2.67. The summed E-state index contributed by atoms with van der Waals surface area (Å²) in [5.74, 6) is 0. The molecular formula is C15H23N3O4. The lowest BCUT2D eigenvalue weighted by molar-refractivity contribution is -0.0378. The first kappa shape index (κ1) is 16.4. The van der Waals surface area contributed by atoms with Crippen molar-refractivity contribution < 1.29 is 19.1 Å². The molecule has 122 valence electrons. The molecule has 2 heterocycles. The molecule has 7 nitrogen and oxygen atoms in total. The molecule has 0 bridgehead atoms. The highest BCUT2D eigenvalue weighted by Crippen LogP contribution is 2.44. The number of rotatable bonds is 1. The molecule has 0 saturated carbocycles. The molecule has 0 aromatic heterocycles. The molecule has 2 amide bonds. The van der Waals surface area contributed by atoms with Crippen LogP contribution in [0.5, 0.6) is 0 Å². The molecular weight excluding hydrogens is 286 g/mol. The summed E-state index contributed by atoms with van der Waals surface area (Å²) in [6, 6.07) is 2.13. The van der Waals surface area contributed by atoms with Crippen molar-refractivity contribution in [3.05, 3.63) is 0 Å². The quantitative estimate of drug-likeness (QED) is 0.741. The van der Waals surface area contributed by atoms with E-state index in [1.807, 2.05) is 0 Å². The summed E-state index contributed by atoms with van der Waals surface area (Å²) in [6.45, 7) is 9.90. The second-order valence-electron chi connectivity index (χ2n) is 7.30. The number of hydrogen-bond donors (Lipinski definition) is 0. The van der Waals surface area contributed by atoms with E-state index < -0.39 is 28.9 Å². The van der Waals surface area contributed by atoms with Gasteiger partial charge in [0.05, 0.1) is 19.0 Å². The van der Waals surface area contributed by atoms with Crippen molar-refractivity contribution in [2.24, 2.45) is 0 Å². The van der Waals surface area contributed by atoms with Gasteiger partial charge in [0.1, 0.15) is 16.7 Å². The summed E-state index contributed by atoms with van der Waals surface area (Å²) in [5.41, 5.74) is -2.28. The fraction of sp³-hybridized carbons (Fsp3) is 0.800. The van der Waals surface area contributed by atoms with E-state index in [1.54, 1.807) is 44.4 Å². The van der Waals surface area contributed by atoms with Gasteiger partial charge in [0.25, 0.3) is 0 Å². The molecule has 0 aliphatic carbocycles. The summed E-state index contributed by atoms with van der Waals surface area (Å²) >= 11 is 0. The van der Waals surface area contributed by atoms with E-state index in [4.69, 9.17) is 9.47 Å². The predicted molar refractivity (Wildman–Crippen MR) is 78.0 cm³/mol. The third-order valence-corrected chi connectivity index (χ3v) is 4.27. The van der Waals surface area contributed by atoms with Crippen LogP contribution in [0.4, 0.5) is 9.59 Å². The number of ether oxygens (including phenoxy) is 2. The Morgan fingerprint density at radius 1 is 1.41 bits per heavy atom. The van der Waals surface area contributed by atoms with E-state index in [1.165, 1.54) is 0 Å². The zero-order chi connectivity index (χ0) is 16.8. The van der Waals surface area contributed by atoms with Crippen LogP contribution in [0, 0.1) is 11.3 Å². The van der Waals surface area contributed by atoms with Gasteiger partial charge >= 0.3 is 12.2 Å². The zero-order valence-electron chi connectivity index (χ0n) is 13.8. The Bertz CT molecular complexity index is 532. The van der Waals surface area contributed by atoms with Crippen LogP contribution >= 0.6 is 0 Å². The number of carbonyl (C=O) groups excluding carboxylic acids is 2. The van der Waals surface area contributed by atoms with E-state index in [0.717, 1.165) is 0 Å². The molecule has 0 N–H and O–H groups in total. The zero-order valence-corrected chi connectivity index (χ0v) is 13.8. The molecule has 2 saturated heterocycles.